The van der Waals surface area contributed by atoms with Crippen molar-refractivity contribution in [1.29, 1.82) is 0 Å². The molecule has 0 bridgehead atoms. The highest BCUT2D eigenvalue weighted by molar-refractivity contribution is 9.11. The van der Waals surface area contributed by atoms with E-state index < -0.39 is 0 Å². The molecule has 0 saturated heterocycles. The quantitative estimate of drug-likeness (QED) is 0.542. The fourth-order valence-electron chi connectivity index (χ4n) is 1.30. The lowest BCUT2D eigenvalue weighted by Crippen LogP contribution is -2.29. The Morgan fingerprint density at radius 1 is 1.69 bits per heavy atom. The molecule has 0 aliphatic heterocycles. The Morgan fingerprint density at radius 3 is 3.08 bits per heavy atom. The van der Waals surface area contributed by atoms with Crippen molar-refractivity contribution >= 4 is 15.9 Å². The van der Waals surface area contributed by atoms with E-state index in [0.29, 0.717) is 0 Å². The molecule has 0 aromatic heterocycles. The first-order valence-corrected chi connectivity index (χ1v) is 4.92. The molecule has 2 nitrogen and oxygen atoms in total. The van der Waals surface area contributed by atoms with E-state index in [2.05, 4.69) is 39.3 Å². The largest absolute Gasteiger partial charge is 0.462 e. The third-order valence-corrected chi connectivity index (χ3v) is 2.56. The van der Waals surface area contributed by atoms with Gasteiger partial charge in [0.25, 0.3) is 0 Å². The van der Waals surface area contributed by atoms with E-state index in [9.17, 15) is 0 Å². The Balaban J connectivity index is 2.87. The lowest BCUT2D eigenvalue weighted by atomic mass is 10.0. The zero-order valence-corrected chi connectivity index (χ0v) is 9.01. The zero-order chi connectivity index (χ0) is 9.68. The van der Waals surface area contributed by atoms with Crippen LogP contribution in [0.4, 0.5) is 0 Å². The first kappa shape index (κ1) is 10.4. The highest BCUT2D eigenvalue weighted by Crippen LogP contribution is 2.20. The van der Waals surface area contributed by atoms with Gasteiger partial charge in [-0.3, -0.25) is 0 Å². The summed E-state index contributed by atoms with van der Waals surface area (Å²) in [6.07, 6.45) is 9.02. The highest BCUT2D eigenvalue weighted by Gasteiger charge is 2.15. The molecule has 0 fully saturated rings. The molecule has 13 heavy (non-hydrogen) atoms. The second kappa shape index (κ2) is 5.11. The van der Waals surface area contributed by atoms with Gasteiger partial charge in [-0.15, -0.1) is 0 Å². The van der Waals surface area contributed by atoms with E-state index in [-0.39, 0.29) is 12.0 Å². The number of likely N-dealkylation sites (N-methyl/N-ethyl adjacent to an activating group) is 1. The van der Waals surface area contributed by atoms with Crippen molar-refractivity contribution < 1.29 is 5.11 Å². The summed E-state index contributed by atoms with van der Waals surface area (Å²) in [5.41, 5.74) is 0. The van der Waals surface area contributed by atoms with Crippen LogP contribution in [0.5, 0.6) is 0 Å². The van der Waals surface area contributed by atoms with Gasteiger partial charge in [0.1, 0.15) is 6.11 Å². The van der Waals surface area contributed by atoms with Gasteiger partial charge in [-0.05, 0) is 18.0 Å². The summed E-state index contributed by atoms with van der Waals surface area (Å²) >= 11 is 3.44. The van der Waals surface area contributed by atoms with Crippen LogP contribution in [-0.4, -0.2) is 18.2 Å². The van der Waals surface area contributed by atoms with Gasteiger partial charge < -0.3 is 10.4 Å². The Kier molecular flexibility index (Phi) is 4.07. The lowest BCUT2D eigenvalue weighted by Gasteiger charge is -2.14. The van der Waals surface area contributed by atoms with Crippen molar-refractivity contribution in [2.75, 3.05) is 7.05 Å². The van der Waals surface area contributed by atoms with Crippen LogP contribution in [0.2, 0.25) is 0 Å². The highest BCUT2D eigenvalue weighted by atomic mass is 79.9. The number of nitrogens with one attached hydrogen (secondary N) is 1. The summed E-state index contributed by atoms with van der Waals surface area (Å²) in [6.45, 7) is 0. The Bertz CT molecular complexity index is 285. The first-order valence-electron chi connectivity index (χ1n) is 4.12. The van der Waals surface area contributed by atoms with Gasteiger partial charge in [0.2, 0.25) is 0 Å². The number of allylic oxidation sites excluding steroid dienone is 2. The Hall–Kier alpha value is -0.720. The van der Waals surface area contributed by atoms with E-state index in [1.165, 1.54) is 0 Å². The van der Waals surface area contributed by atoms with E-state index in [4.69, 9.17) is 5.11 Å². The van der Waals surface area contributed by atoms with Crippen LogP contribution >= 0.6 is 15.9 Å². The molecule has 1 rings (SSSR count). The molecule has 0 aromatic rings. The Morgan fingerprint density at radius 2 is 2.46 bits per heavy atom. The second-order valence-corrected chi connectivity index (χ2v) is 3.86. The molecule has 0 saturated carbocycles. The molecule has 1 aliphatic carbocycles. The average Bonchev–Trinajstić information content (AvgIpc) is 2.28. The maximum atomic E-state index is 8.55. The molecule has 3 heteroatoms. The molecule has 1 aliphatic rings. The molecule has 0 spiro atoms. The smallest absolute Gasteiger partial charge is 0.108 e. The summed E-state index contributed by atoms with van der Waals surface area (Å²) in [5, 5.41) is 11.7. The lowest BCUT2D eigenvalue weighted by molar-refractivity contribution is 0.510. The van der Waals surface area contributed by atoms with Crippen LogP contribution in [0.15, 0.2) is 22.7 Å². The van der Waals surface area contributed by atoms with Gasteiger partial charge in [-0.1, -0.05) is 40.1 Å². The molecule has 0 aromatic carbocycles. The standard InChI is InChI=1S/C10H12BrNO/c1-12-10-4-2-3-9(11)7-8(10)5-6-13/h2,4,7-8,10,12-13H,3H2,1H3. The fourth-order valence-corrected chi connectivity index (χ4v) is 1.77. The van der Waals surface area contributed by atoms with E-state index in [1.54, 1.807) is 0 Å². The monoisotopic (exact) mass is 241 g/mol. The van der Waals surface area contributed by atoms with Crippen molar-refractivity contribution in [3.05, 3.63) is 22.7 Å². The maximum absolute atomic E-state index is 8.55. The number of halogens is 1. The minimum absolute atomic E-state index is 0.0307. The minimum atomic E-state index is 0.0307. The molecule has 2 atom stereocenters. The molecule has 70 valence electrons. The van der Waals surface area contributed by atoms with Gasteiger partial charge in [0, 0.05) is 6.04 Å². The summed E-state index contributed by atoms with van der Waals surface area (Å²) in [4.78, 5) is 0. The van der Waals surface area contributed by atoms with E-state index in [1.807, 2.05) is 19.2 Å². The van der Waals surface area contributed by atoms with Crippen molar-refractivity contribution in [3.8, 4) is 12.0 Å². The second-order valence-electron chi connectivity index (χ2n) is 2.84. The van der Waals surface area contributed by atoms with Crippen LogP contribution in [0, 0.1) is 17.9 Å². The number of aliphatic hydroxyl groups is 1. The topological polar surface area (TPSA) is 32.3 Å². The van der Waals surface area contributed by atoms with Gasteiger partial charge in [0.05, 0.1) is 5.92 Å². The Labute approximate surface area is 86.8 Å². The third kappa shape index (κ3) is 2.91. The number of aliphatic hydroxyl groups excluding tert-OH is 1. The van der Waals surface area contributed by atoms with Crippen LogP contribution in [0.1, 0.15) is 6.42 Å². The van der Waals surface area contributed by atoms with Crippen LogP contribution < -0.4 is 5.32 Å². The summed E-state index contributed by atoms with van der Waals surface area (Å²) in [6, 6.07) is 0.176. The van der Waals surface area contributed by atoms with Crippen molar-refractivity contribution in [2.24, 2.45) is 5.92 Å². The van der Waals surface area contributed by atoms with E-state index >= 15 is 0 Å². The van der Waals surface area contributed by atoms with Crippen LogP contribution in [-0.2, 0) is 0 Å². The van der Waals surface area contributed by atoms with Gasteiger partial charge in [0.15, 0.2) is 0 Å². The van der Waals surface area contributed by atoms with Crippen LogP contribution in [0.3, 0.4) is 0 Å². The third-order valence-electron chi connectivity index (χ3n) is 1.97. The maximum Gasteiger partial charge on any atom is 0.108 e. The molecule has 0 radical (unpaired) electrons. The number of hydrogen-bond donors (Lipinski definition) is 2. The number of hydrogen-bond acceptors (Lipinski definition) is 2. The minimum Gasteiger partial charge on any atom is -0.462 e. The normalized spacial score (nSPS) is 27.1. The van der Waals surface area contributed by atoms with Crippen LogP contribution in [0.25, 0.3) is 0 Å². The zero-order valence-electron chi connectivity index (χ0n) is 7.42. The van der Waals surface area contributed by atoms with Crippen molar-refractivity contribution in [3.63, 3.8) is 0 Å². The van der Waals surface area contributed by atoms with Crippen molar-refractivity contribution in [1.82, 2.24) is 5.32 Å². The van der Waals surface area contributed by atoms with Gasteiger partial charge >= 0.3 is 0 Å². The predicted octanol–water partition coefficient (Wildman–Crippen LogP) is 1.76. The predicted molar refractivity (Wildman–Crippen MR) is 56.8 cm³/mol. The molecule has 2 unspecified atom stereocenters. The molecule has 0 amide bonds. The SMILES string of the molecule is CNC1C=CCC(Br)=CC1C#CO. The van der Waals surface area contributed by atoms with Crippen molar-refractivity contribution in [2.45, 2.75) is 12.5 Å². The van der Waals surface area contributed by atoms with E-state index in [0.717, 1.165) is 10.9 Å². The summed E-state index contributed by atoms with van der Waals surface area (Å²) in [7, 11) is 1.88. The average molecular weight is 242 g/mol. The fraction of sp³-hybridized carbons (Fsp3) is 0.400. The summed E-state index contributed by atoms with van der Waals surface area (Å²) in [5.74, 6) is 2.77. The molecule has 0 heterocycles. The first-order chi connectivity index (χ1) is 6.27. The van der Waals surface area contributed by atoms with Gasteiger partial charge in [-0.25, -0.2) is 0 Å². The molecule has 2 N–H and O–H groups in total. The number of rotatable bonds is 1. The molecular weight excluding hydrogens is 230 g/mol. The summed E-state index contributed by atoms with van der Waals surface area (Å²) < 4.78 is 1.11. The molecular formula is C10H12BrNO. The van der Waals surface area contributed by atoms with Gasteiger partial charge in [-0.2, -0.15) is 0 Å².